The number of hydrogen-bond acceptors (Lipinski definition) is 5. The van der Waals surface area contributed by atoms with Crippen LogP contribution >= 0.6 is 0 Å². The van der Waals surface area contributed by atoms with Gasteiger partial charge in [-0.15, -0.1) is 0 Å². The molecule has 0 radical (unpaired) electrons. The van der Waals surface area contributed by atoms with E-state index in [4.69, 9.17) is 9.47 Å². The van der Waals surface area contributed by atoms with E-state index in [1.807, 2.05) is 0 Å². The Morgan fingerprint density at radius 1 is 1.23 bits per heavy atom. The Bertz CT molecular complexity index is 652. The summed E-state index contributed by atoms with van der Waals surface area (Å²) in [7, 11) is 3.09. The average molecular weight is 305 g/mol. The van der Waals surface area contributed by atoms with E-state index in [9.17, 15) is 14.7 Å². The van der Waals surface area contributed by atoms with E-state index in [0.717, 1.165) is 5.39 Å². The summed E-state index contributed by atoms with van der Waals surface area (Å²) >= 11 is 0. The van der Waals surface area contributed by atoms with E-state index in [1.165, 1.54) is 0 Å². The smallest absolute Gasteiger partial charge is 0.267 e. The number of carbonyl (C=O) groups excluding carboxylic acids is 2. The van der Waals surface area contributed by atoms with Crippen molar-refractivity contribution in [1.29, 1.82) is 0 Å². The number of fused-ring (bicyclic) bond motifs is 1. The molecular weight excluding hydrogens is 288 g/mol. The van der Waals surface area contributed by atoms with E-state index >= 15 is 0 Å². The zero-order valence-electron chi connectivity index (χ0n) is 12.4. The van der Waals surface area contributed by atoms with Gasteiger partial charge < -0.3 is 29.7 Å². The van der Waals surface area contributed by atoms with Crippen molar-refractivity contribution in [3.05, 3.63) is 23.9 Å². The predicted octanol–water partition coefficient (Wildman–Crippen LogP) is 0.445. The fourth-order valence-electron chi connectivity index (χ4n) is 2.17. The lowest BCUT2D eigenvalue weighted by molar-refractivity contribution is -0.305. The van der Waals surface area contributed by atoms with Crippen molar-refractivity contribution < 1.29 is 24.2 Å². The van der Waals surface area contributed by atoms with Gasteiger partial charge in [-0.3, -0.25) is 4.79 Å². The van der Waals surface area contributed by atoms with Gasteiger partial charge in [0.05, 0.1) is 19.7 Å². The number of aromatic amines is 1. The van der Waals surface area contributed by atoms with Gasteiger partial charge in [-0.1, -0.05) is 0 Å². The number of nitrogens with one attached hydrogen (secondary N) is 2. The quantitative estimate of drug-likeness (QED) is 0.723. The summed E-state index contributed by atoms with van der Waals surface area (Å²) in [5, 5.41) is 13.7. The highest BCUT2D eigenvalue weighted by Gasteiger charge is 2.14. The highest BCUT2D eigenvalue weighted by Crippen LogP contribution is 2.33. The molecule has 0 atom stereocenters. The first-order chi connectivity index (χ1) is 10.6. The normalized spacial score (nSPS) is 10.5. The van der Waals surface area contributed by atoms with E-state index in [2.05, 4.69) is 10.3 Å². The molecule has 22 heavy (non-hydrogen) atoms. The monoisotopic (exact) mass is 305 g/mol. The summed E-state index contributed by atoms with van der Waals surface area (Å²) in [5.74, 6) is -0.220. The lowest BCUT2D eigenvalue weighted by Gasteiger charge is -2.05. The lowest BCUT2D eigenvalue weighted by atomic mass is 10.2. The second-order valence-corrected chi connectivity index (χ2v) is 4.67. The molecule has 2 N–H and O–H groups in total. The third kappa shape index (κ3) is 3.30. The molecule has 1 heterocycles. The summed E-state index contributed by atoms with van der Waals surface area (Å²) in [6.45, 7) is 0.260. The largest absolute Gasteiger partial charge is 0.550 e. The van der Waals surface area contributed by atoms with Gasteiger partial charge >= 0.3 is 0 Å². The molecule has 0 fully saturated rings. The number of aliphatic carboxylic acids is 1. The van der Waals surface area contributed by atoms with Crippen LogP contribution in [-0.2, 0) is 4.79 Å². The minimum Gasteiger partial charge on any atom is -0.550 e. The standard InChI is InChI=1S/C15H18N2O5/c1-21-11-5-6-12(22-2)14-9(11)8-10(17-14)15(20)16-7-3-4-13(18)19/h5-6,8,17H,3-4,7H2,1-2H3,(H,16,20)(H,18,19)/p-1. The first-order valence-electron chi connectivity index (χ1n) is 6.78. The number of H-pyrrole nitrogens is 1. The second-order valence-electron chi connectivity index (χ2n) is 4.67. The highest BCUT2D eigenvalue weighted by atomic mass is 16.5. The number of rotatable bonds is 7. The number of ether oxygens (including phenoxy) is 2. The summed E-state index contributed by atoms with van der Waals surface area (Å²) in [5.41, 5.74) is 1.02. The maximum absolute atomic E-state index is 12.1. The van der Waals surface area contributed by atoms with E-state index in [-0.39, 0.29) is 18.9 Å². The SMILES string of the molecule is COc1ccc(OC)c2[nH]c(C(=O)NCCCC(=O)[O-])cc12. The van der Waals surface area contributed by atoms with Gasteiger partial charge in [0.15, 0.2) is 0 Å². The van der Waals surface area contributed by atoms with Crippen molar-refractivity contribution in [3.8, 4) is 11.5 Å². The van der Waals surface area contributed by atoms with Gasteiger partial charge in [-0.25, -0.2) is 0 Å². The third-order valence-corrected chi connectivity index (χ3v) is 3.24. The number of aromatic nitrogens is 1. The van der Waals surface area contributed by atoms with Gasteiger partial charge in [-0.05, 0) is 31.0 Å². The molecule has 7 heteroatoms. The molecular formula is C15H17N2O5-. The predicted molar refractivity (Wildman–Crippen MR) is 78.0 cm³/mol. The Hall–Kier alpha value is -2.70. The van der Waals surface area contributed by atoms with E-state index < -0.39 is 5.97 Å². The molecule has 0 aliphatic heterocycles. The molecule has 2 rings (SSSR count). The Morgan fingerprint density at radius 3 is 2.55 bits per heavy atom. The molecule has 2 aromatic rings. The van der Waals surface area contributed by atoms with Crippen molar-refractivity contribution in [3.63, 3.8) is 0 Å². The number of carbonyl (C=O) groups is 2. The maximum atomic E-state index is 12.1. The second kappa shape index (κ2) is 6.84. The van der Waals surface area contributed by atoms with Crippen molar-refractivity contribution >= 4 is 22.8 Å². The van der Waals surface area contributed by atoms with Crippen LogP contribution in [0.15, 0.2) is 18.2 Å². The van der Waals surface area contributed by atoms with Crippen LogP contribution in [-0.4, -0.2) is 37.6 Å². The van der Waals surface area contributed by atoms with E-state index in [0.29, 0.717) is 29.1 Å². The lowest BCUT2D eigenvalue weighted by Crippen LogP contribution is -2.27. The number of methoxy groups -OCH3 is 2. The molecule has 0 aliphatic rings. The van der Waals surface area contributed by atoms with Crippen LogP contribution in [0.2, 0.25) is 0 Å². The van der Waals surface area contributed by atoms with Crippen LogP contribution < -0.4 is 19.9 Å². The van der Waals surface area contributed by atoms with Crippen LogP contribution in [0, 0.1) is 0 Å². The van der Waals surface area contributed by atoms with Gasteiger partial charge in [0, 0.05) is 17.9 Å². The van der Waals surface area contributed by atoms with Crippen LogP contribution in [0.3, 0.4) is 0 Å². The van der Waals surface area contributed by atoms with Gasteiger partial charge in [0.2, 0.25) is 0 Å². The Kier molecular flexibility index (Phi) is 4.88. The van der Waals surface area contributed by atoms with E-state index in [1.54, 1.807) is 32.4 Å². The Morgan fingerprint density at radius 2 is 1.91 bits per heavy atom. The van der Waals surface area contributed by atoms with Gasteiger partial charge in [0.25, 0.3) is 5.91 Å². The fraction of sp³-hybridized carbons (Fsp3) is 0.333. The summed E-state index contributed by atoms with van der Waals surface area (Å²) in [6.07, 6.45) is 0.232. The molecule has 0 saturated carbocycles. The number of benzene rings is 1. The number of amides is 1. The maximum Gasteiger partial charge on any atom is 0.267 e. The molecule has 7 nitrogen and oxygen atoms in total. The number of carboxylic acids is 1. The van der Waals surface area contributed by atoms with Gasteiger partial charge in [0.1, 0.15) is 17.2 Å². The number of carboxylic acid groups (broad SMARTS) is 1. The number of hydrogen-bond donors (Lipinski definition) is 2. The van der Waals surface area contributed by atoms with Crippen molar-refractivity contribution in [2.75, 3.05) is 20.8 Å². The molecule has 0 bridgehead atoms. The molecule has 1 amide bonds. The third-order valence-electron chi connectivity index (χ3n) is 3.24. The van der Waals surface area contributed by atoms with Crippen molar-refractivity contribution in [2.24, 2.45) is 0 Å². The molecule has 1 aromatic carbocycles. The Balaban J connectivity index is 2.17. The summed E-state index contributed by atoms with van der Waals surface area (Å²) in [4.78, 5) is 25.4. The Labute approximate surface area is 127 Å². The molecule has 1 aromatic heterocycles. The van der Waals surface area contributed by atoms with Crippen LogP contribution in [0.5, 0.6) is 11.5 Å². The minimum atomic E-state index is -1.13. The molecule has 0 aliphatic carbocycles. The zero-order valence-corrected chi connectivity index (χ0v) is 12.4. The first-order valence-corrected chi connectivity index (χ1v) is 6.78. The molecule has 0 spiro atoms. The fourth-order valence-corrected chi connectivity index (χ4v) is 2.17. The zero-order chi connectivity index (χ0) is 16.1. The van der Waals surface area contributed by atoms with Crippen LogP contribution in [0.4, 0.5) is 0 Å². The minimum absolute atomic E-state index is 0.0887. The van der Waals surface area contributed by atoms with Crippen LogP contribution in [0.1, 0.15) is 23.3 Å². The molecule has 0 saturated heterocycles. The summed E-state index contributed by atoms with van der Waals surface area (Å²) in [6, 6.07) is 5.18. The van der Waals surface area contributed by atoms with Crippen molar-refractivity contribution in [1.82, 2.24) is 10.3 Å². The highest BCUT2D eigenvalue weighted by molar-refractivity contribution is 6.01. The molecule has 118 valence electrons. The van der Waals surface area contributed by atoms with Gasteiger partial charge in [-0.2, -0.15) is 0 Å². The summed E-state index contributed by atoms with van der Waals surface area (Å²) < 4.78 is 10.5. The first kappa shape index (κ1) is 15.7. The van der Waals surface area contributed by atoms with Crippen molar-refractivity contribution in [2.45, 2.75) is 12.8 Å². The van der Waals surface area contributed by atoms with Crippen LogP contribution in [0.25, 0.3) is 10.9 Å². The average Bonchev–Trinajstić information content (AvgIpc) is 2.95. The topological polar surface area (TPSA) is 103 Å². The molecule has 0 unspecified atom stereocenters.